The van der Waals surface area contributed by atoms with Gasteiger partial charge in [-0.25, -0.2) is 0 Å². The average molecular weight is 422 g/mol. The van der Waals surface area contributed by atoms with Crippen LogP contribution in [0.3, 0.4) is 0 Å². The zero-order chi connectivity index (χ0) is 19.4. The first-order valence-corrected chi connectivity index (χ1v) is 10.4. The third-order valence-electron chi connectivity index (χ3n) is 4.11. The number of aromatic nitrogens is 3. The van der Waals surface area contributed by atoms with Crippen molar-refractivity contribution < 1.29 is 4.74 Å². The molecule has 0 N–H and O–H groups in total. The van der Waals surface area contributed by atoms with Gasteiger partial charge >= 0.3 is 0 Å². The second kappa shape index (κ2) is 9.00. The largest absolute Gasteiger partial charge is 0.481 e. The molecule has 0 aliphatic rings. The predicted molar refractivity (Wildman–Crippen MR) is 112 cm³/mol. The fourth-order valence-electron chi connectivity index (χ4n) is 2.65. The van der Waals surface area contributed by atoms with E-state index < -0.39 is 0 Å². The maximum Gasteiger partial charge on any atom is 0.191 e. The van der Waals surface area contributed by atoms with Gasteiger partial charge in [-0.1, -0.05) is 64.8 Å². The van der Waals surface area contributed by atoms with Crippen LogP contribution >= 0.6 is 35.0 Å². The third kappa shape index (κ3) is 4.98. The van der Waals surface area contributed by atoms with Gasteiger partial charge in [0.05, 0.1) is 5.02 Å². The Kier molecular flexibility index (Phi) is 6.68. The quantitative estimate of drug-likeness (QED) is 0.416. The van der Waals surface area contributed by atoms with E-state index in [9.17, 15) is 0 Å². The van der Waals surface area contributed by atoms with Crippen molar-refractivity contribution in [1.82, 2.24) is 14.8 Å². The van der Waals surface area contributed by atoms with E-state index in [1.165, 1.54) is 11.1 Å². The number of hydrogen-bond acceptors (Lipinski definition) is 4. The summed E-state index contributed by atoms with van der Waals surface area (Å²) >= 11 is 13.9. The van der Waals surface area contributed by atoms with E-state index in [0.29, 0.717) is 15.8 Å². The summed E-state index contributed by atoms with van der Waals surface area (Å²) in [5.74, 6) is 2.14. The van der Waals surface area contributed by atoms with Gasteiger partial charge in [-0.2, -0.15) is 0 Å². The minimum atomic E-state index is -0.304. The molecule has 0 spiro atoms. The molecular formula is C20H21Cl2N3OS. The summed E-state index contributed by atoms with van der Waals surface area (Å²) in [6.07, 6.45) is -0.304. The van der Waals surface area contributed by atoms with Gasteiger partial charge in [-0.05, 0) is 38.5 Å². The molecule has 0 aliphatic carbocycles. The number of hydrogen-bond donors (Lipinski definition) is 0. The van der Waals surface area contributed by atoms with Crippen LogP contribution in [0.15, 0.2) is 47.6 Å². The lowest BCUT2D eigenvalue weighted by atomic mass is 10.2. The summed E-state index contributed by atoms with van der Waals surface area (Å²) in [6, 6.07) is 13.7. The third-order valence-corrected chi connectivity index (χ3v) is 5.70. The Morgan fingerprint density at radius 3 is 2.56 bits per heavy atom. The summed E-state index contributed by atoms with van der Waals surface area (Å²) in [5.41, 5.74) is 2.52. The Hall–Kier alpha value is -1.69. The van der Waals surface area contributed by atoms with E-state index in [1.807, 2.05) is 6.92 Å². The van der Waals surface area contributed by atoms with Crippen molar-refractivity contribution in [3.05, 3.63) is 69.5 Å². The smallest absolute Gasteiger partial charge is 0.191 e. The summed E-state index contributed by atoms with van der Waals surface area (Å²) in [6.45, 7) is 6.85. The predicted octanol–water partition coefficient (Wildman–Crippen LogP) is 6.35. The Labute approximate surface area is 173 Å². The van der Waals surface area contributed by atoms with Crippen LogP contribution in [0.5, 0.6) is 5.75 Å². The van der Waals surface area contributed by atoms with E-state index in [2.05, 4.69) is 52.9 Å². The van der Waals surface area contributed by atoms with E-state index in [-0.39, 0.29) is 6.10 Å². The van der Waals surface area contributed by atoms with Crippen molar-refractivity contribution >= 4 is 35.0 Å². The van der Waals surface area contributed by atoms with Gasteiger partial charge in [0.1, 0.15) is 5.75 Å². The first-order chi connectivity index (χ1) is 13.0. The molecule has 4 nitrogen and oxygen atoms in total. The molecule has 1 unspecified atom stereocenters. The number of rotatable bonds is 7. The molecule has 3 rings (SSSR count). The van der Waals surface area contributed by atoms with Crippen LogP contribution in [-0.4, -0.2) is 14.8 Å². The van der Waals surface area contributed by atoms with Gasteiger partial charge in [0.2, 0.25) is 0 Å². The molecule has 0 radical (unpaired) electrons. The molecule has 1 atom stereocenters. The van der Waals surface area contributed by atoms with E-state index in [1.54, 1.807) is 30.0 Å². The Bertz CT molecular complexity index is 912. The molecule has 1 aromatic heterocycles. The highest BCUT2D eigenvalue weighted by Gasteiger charge is 2.19. The van der Waals surface area contributed by atoms with Crippen LogP contribution < -0.4 is 4.74 Å². The second-order valence-corrected chi connectivity index (χ2v) is 7.98. The van der Waals surface area contributed by atoms with Crippen molar-refractivity contribution in [2.24, 2.45) is 0 Å². The SMILES string of the molecule is CCn1c(SCc2ccc(C)cc2)nnc1C(C)Oc1cc(Cl)ccc1Cl. The summed E-state index contributed by atoms with van der Waals surface area (Å²) in [4.78, 5) is 0. The van der Waals surface area contributed by atoms with Crippen LogP contribution in [0.2, 0.25) is 10.0 Å². The molecule has 1 heterocycles. The monoisotopic (exact) mass is 421 g/mol. The molecule has 0 saturated carbocycles. The minimum absolute atomic E-state index is 0.304. The maximum absolute atomic E-state index is 6.20. The summed E-state index contributed by atoms with van der Waals surface area (Å²) in [5, 5.41) is 10.7. The fourth-order valence-corrected chi connectivity index (χ4v) is 3.94. The number of thioether (sulfide) groups is 1. The minimum Gasteiger partial charge on any atom is -0.481 e. The molecule has 0 aliphatic heterocycles. The van der Waals surface area contributed by atoms with Gasteiger partial charge in [0.25, 0.3) is 0 Å². The summed E-state index contributed by atoms with van der Waals surface area (Å²) < 4.78 is 8.07. The van der Waals surface area contributed by atoms with E-state index >= 15 is 0 Å². The first kappa shape index (κ1) is 20.1. The van der Waals surface area contributed by atoms with Crippen LogP contribution in [0.1, 0.15) is 36.9 Å². The summed E-state index contributed by atoms with van der Waals surface area (Å²) in [7, 11) is 0. The molecule has 27 heavy (non-hydrogen) atoms. The maximum atomic E-state index is 6.20. The lowest BCUT2D eigenvalue weighted by Crippen LogP contribution is -2.12. The fraction of sp³-hybridized carbons (Fsp3) is 0.300. The van der Waals surface area contributed by atoms with Crippen molar-refractivity contribution in [3.63, 3.8) is 0 Å². The lowest BCUT2D eigenvalue weighted by molar-refractivity contribution is 0.210. The van der Waals surface area contributed by atoms with E-state index in [4.69, 9.17) is 27.9 Å². The van der Waals surface area contributed by atoms with Gasteiger partial charge in [-0.3, -0.25) is 0 Å². The lowest BCUT2D eigenvalue weighted by Gasteiger charge is -2.16. The van der Waals surface area contributed by atoms with Gasteiger partial charge in [-0.15, -0.1) is 10.2 Å². The molecule has 7 heteroatoms. The first-order valence-electron chi connectivity index (χ1n) is 8.71. The zero-order valence-electron chi connectivity index (χ0n) is 15.4. The number of benzene rings is 2. The number of halogens is 2. The van der Waals surface area contributed by atoms with Gasteiger partial charge in [0.15, 0.2) is 17.1 Å². The molecule has 0 bridgehead atoms. The Balaban J connectivity index is 1.74. The molecule has 0 saturated heterocycles. The Morgan fingerprint density at radius 1 is 1.11 bits per heavy atom. The van der Waals surface area contributed by atoms with Crippen molar-refractivity contribution in [2.75, 3.05) is 0 Å². The zero-order valence-corrected chi connectivity index (χ0v) is 17.8. The van der Waals surface area contributed by atoms with Crippen molar-refractivity contribution in [3.8, 4) is 5.75 Å². The second-order valence-electron chi connectivity index (χ2n) is 6.19. The van der Waals surface area contributed by atoms with Crippen LogP contribution in [0.25, 0.3) is 0 Å². The highest BCUT2D eigenvalue weighted by atomic mass is 35.5. The van der Waals surface area contributed by atoms with E-state index in [0.717, 1.165) is 23.3 Å². The molecule has 3 aromatic rings. The molecule has 0 amide bonds. The molecular weight excluding hydrogens is 401 g/mol. The molecule has 142 valence electrons. The topological polar surface area (TPSA) is 39.9 Å². The van der Waals surface area contributed by atoms with Crippen LogP contribution in [0.4, 0.5) is 0 Å². The van der Waals surface area contributed by atoms with Crippen molar-refractivity contribution in [1.29, 1.82) is 0 Å². The van der Waals surface area contributed by atoms with Crippen LogP contribution in [0, 0.1) is 6.92 Å². The van der Waals surface area contributed by atoms with Crippen molar-refractivity contribution in [2.45, 2.75) is 44.3 Å². The molecule has 0 fully saturated rings. The normalized spacial score (nSPS) is 12.2. The Morgan fingerprint density at radius 2 is 1.85 bits per heavy atom. The van der Waals surface area contributed by atoms with Gasteiger partial charge in [0, 0.05) is 23.4 Å². The highest BCUT2D eigenvalue weighted by molar-refractivity contribution is 7.98. The number of ether oxygens (including phenoxy) is 1. The van der Waals surface area contributed by atoms with Gasteiger partial charge < -0.3 is 9.30 Å². The average Bonchev–Trinajstić information content (AvgIpc) is 3.07. The number of aryl methyl sites for hydroxylation is 1. The molecule has 2 aromatic carbocycles. The highest BCUT2D eigenvalue weighted by Crippen LogP contribution is 2.32. The standard InChI is InChI=1S/C20H21Cl2N3OS/c1-4-25-19(14(3)26-18-11-16(21)9-10-17(18)22)23-24-20(25)27-12-15-7-5-13(2)6-8-15/h5-11,14H,4,12H2,1-3H3. The van der Waals surface area contributed by atoms with Crippen LogP contribution in [-0.2, 0) is 12.3 Å². The number of nitrogens with zero attached hydrogens (tertiary/aromatic N) is 3.